The van der Waals surface area contributed by atoms with Gasteiger partial charge in [-0.25, -0.2) is 0 Å². The van der Waals surface area contributed by atoms with E-state index in [0.29, 0.717) is 12.3 Å². The van der Waals surface area contributed by atoms with Crippen LogP contribution in [0.5, 0.6) is 11.5 Å². The van der Waals surface area contributed by atoms with Crippen LogP contribution in [0.15, 0.2) is 54.7 Å². The maximum absolute atomic E-state index is 12.2. The highest BCUT2D eigenvalue weighted by atomic mass is 16.5. The minimum atomic E-state index is -0.213. The van der Waals surface area contributed by atoms with Gasteiger partial charge in [-0.05, 0) is 49.2 Å². The summed E-state index contributed by atoms with van der Waals surface area (Å²) in [6.07, 6.45) is 4.90. The van der Waals surface area contributed by atoms with Crippen molar-refractivity contribution in [2.24, 2.45) is 7.05 Å². The summed E-state index contributed by atoms with van der Waals surface area (Å²) in [5, 5.41) is 6.95. The lowest BCUT2D eigenvalue weighted by atomic mass is 10.1. The van der Waals surface area contributed by atoms with Crippen LogP contribution in [0.4, 0.5) is 5.69 Å². The van der Waals surface area contributed by atoms with Crippen LogP contribution in [0.25, 0.3) is 6.08 Å². The lowest BCUT2D eigenvalue weighted by molar-refractivity contribution is -0.111. The van der Waals surface area contributed by atoms with E-state index in [9.17, 15) is 4.79 Å². The predicted molar refractivity (Wildman–Crippen MR) is 114 cm³/mol. The van der Waals surface area contributed by atoms with Gasteiger partial charge in [0.25, 0.3) is 0 Å². The maximum Gasteiger partial charge on any atom is 0.248 e. The van der Waals surface area contributed by atoms with E-state index in [1.54, 1.807) is 24.1 Å². The first-order valence-electron chi connectivity index (χ1n) is 9.31. The Labute approximate surface area is 170 Å². The molecule has 0 atom stereocenters. The molecular weight excluding hydrogens is 366 g/mol. The van der Waals surface area contributed by atoms with Gasteiger partial charge >= 0.3 is 0 Å². The van der Waals surface area contributed by atoms with Gasteiger partial charge in [-0.1, -0.05) is 24.3 Å². The molecule has 0 radical (unpaired) electrons. The zero-order chi connectivity index (χ0) is 20.8. The summed E-state index contributed by atoms with van der Waals surface area (Å²) in [6.45, 7) is 4.28. The van der Waals surface area contributed by atoms with Crippen molar-refractivity contribution < 1.29 is 14.3 Å². The third kappa shape index (κ3) is 5.04. The molecule has 1 heterocycles. The summed E-state index contributed by atoms with van der Waals surface area (Å²) < 4.78 is 13.1. The van der Waals surface area contributed by atoms with Crippen molar-refractivity contribution in [3.63, 3.8) is 0 Å². The molecular formula is C23H25N3O3. The van der Waals surface area contributed by atoms with Crippen molar-refractivity contribution in [3.8, 4) is 11.5 Å². The average molecular weight is 391 g/mol. The highest BCUT2D eigenvalue weighted by molar-refractivity contribution is 6.02. The smallest absolute Gasteiger partial charge is 0.248 e. The Morgan fingerprint density at radius 2 is 1.97 bits per heavy atom. The van der Waals surface area contributed by atoms with Gasteiger partial charge in [0.05, 0.1) is 24.7 Å². The Kier molecular flexibility index (Phi) is 6.34. The van der Waals surface area contributed by atoms with E-state index in [1.165, 1.54) is 6.08 Å². The number of aryl methyl sites for hydroxylation is 2. The van der Waals surface area contributed by atoms with Gasteiger partial charge in [-0.2, -0.15) is 5.10 Å². The van der Waals surface area contributed by atoms with Gasteiger partial charge in [0, 0.05) is 18.7 Å². The molecule has 1 N–H and O–H groups in total. The quantitative estimate of drug-likeness (QED) is 0.611. The van der Waals surface area contributed by atoms with E-state index in [-0.39, 0.29) is 5.91 Å². The number of carbonyl (C=O) groups is 1. The summed E-state index contributed by atoms with van der Waals surface area (Å²) >= 11 is 0. The van der Waals surface area contributed by atoms with Crippen molar-refractivity contribution in [2.75, 3.05) is 12.4 Å². The monoisotopic (exact) mass is 391 g/mol. The van der Waals surface area contributed by atoms with Gasteiger partial charge in [-0.15, -0.1) is 0 Å². The largest absolute Gasteiger partial charge is 0.496 e. The number of amides is 1. The molecule has 6 nitrogen and oxygen atoms in total. The fourth-order valence-electron chi connectivity index (χ4n) is 2.86. The molecule has 1 aromatic heterocycles. The molecule has 0 fully saturated rings. The lowest BCUT2D eigenvalue weighted by Crippen LogP contribution is -2.08. The number of anilines is 1. The second kappa shape index (κ2) is 9.10. The van der Waals surface area contributed by atoms with Crippen molar-refractivity contribution in [3.05, 3.63) is 77.1 Å². The third-order valence-corrected chi connectivity index (χ3v) is 4.70. The van der Waals surface area contributed by atoms with Crippen LogP contribution in [-0.4, -0.2) is 22.8 Å². The molecule has 3 rings (SSSR count). The summed E-state index contributed by atoms with van der Waals surface area (Å²) in [6, 6.07) is 13.6. The third-order valence-electron chi connectivity index (χ3n) is 4.70. The summed E-state index contributed by atoms with van der Waals surface area (Å²) in [7, 11) is 3.46. The van der Waals surface area contributed by atoms with Crippen LogP contribution in [0.3, 0.4) is 0 Å². The van der Waals surface area contributed by atoms with E-state index < -0.39 is 0 Å². The molecule has 0 spiro atoms. The molecule has 0 unspecified atom stereocenters. The molecule has 2 aromatic carbocycles. The van der Waals surface area contributed by atoms with Gasteiger partial charge < -0.3 is 14.8 Å². The van der Waals surface area contributed by atoms with Crippen molar-refractivity contribution in [1.82, 2.24) is 9.78 Å². The Morgan fingerprint density at radius 3 is 2.66 bits per heavy atom. The van der Waals surface area contributed by atoms with Crippen LogP contribution < -0.4 is 14.8 Å². The number of nitrogens with zero attached hydrogens (tertiary/aromatic N) is 2. The van der Waals surface area contributed by atoms with Crippen molar-refractivity contribution >= 4 is 17.7 Å². The van der Waals surface area contributed by atoms with E-state index >= 15 is 0 Å². The number of methoxy groups -OCH3 is 1. The van der Waals surface area contributed by atoms with Gasteiger partial charge in [0.2, 0.25) is 5.91 Å². The number of nitrogens with one attached hydrogen (secondary N) is 1. The Morgan fingerprint density at radius 1 is 1.17 bits per heavy atom. The summed E-state index contributed by atoms with van der Waals surface area (Å²) in [5.41, 5.74) is 4.45. The molecule has 0 aliphatic rings. The summed E-state index contributed by atoms with van der Waals surface area (Å²) in [5.74, 6) is 1.36. The molecule has 3 aromatic rings. The zero-order valence-electron chi connectivity index (χ0n) is 17.1. The molecule has 1 amide bonds. The number of aromatic nitrogens is 2. The van der Waals surface area contributed by atoms with Crippen LogP contribution in [-0.2, 0) is 18.4 Å². The average Bonchev–Trinajstić information content (AvgIpc) is 3.03. The number of rotatable bonds is 7. The molecule has 0 bridgehead atoms. The Balaban J connectivity index is 1.70. The molecule has 150 valence electrons. The van der Waals surface area contributed by atoms with Crippen LogP contribution >= 0.6 is 0 Å². The number of benzene rings is 2. The number of hydrogen-bond donors (Lipinski definition) is 1. The van der Waals surface area contributed by atoms with E-state index in [4.69, 9.17) is 9.47 Å². The van der Waals surface area contributed by atoms with Gasteiger partial charge in [0.1, 0.15) is 18.1 Å². The fourth-order valence-corrected chi connectivity index (χ4v) is 2.86. The standard InChI is InChI=1S/C23H25N3O3/c1-16-7-5-6-8-21(16)29-15-19-13-18(9-11-22(19)28-4)10-12-23(27)25-20-14-24-26(3)17(20)2/h5-14H,15H2,1-4H3,(H,25,27)/b12-10+. The van der Waals surface area contributed by atoms with Gasteiger partial charge in [-0.3, -0.25) is 9.48 Å². The normalized spacial score (nSPS) is 10.9. The highest BCUT2D eigenvalue weighted by Gasteiger charge is 2.08. The minimum Gasteiger partial charge on any atom is -0.496 e. The minimum absolute atomic E-state index is 0.213. The number of ether oxygens (including phenoxy) is 2. The second-order valence-electron chi connectivity index (χ2n) is 6.72. The fraction of sp³-hybridized carbons (Fsp3) is 0.217. The molecule has 0 aliphatic heterocycles. The highest BCUT2D eigenvalue weighted by Crippen LogP contribution is 2.24. The molecule has 0 saturated heterocycles. The second-order valence-corrected chi connectivity index (χ2v) is 6.72. The molecule has 29 heavy (non-hydrogen) atoms. The molecule has 6 heteroatoms. The van der Waals surface area contributed by atoms with E-state index in [1.807, 2.05) is 63.4 Å². The first-order valence-corrected chi connectivity index (χ1v) is 9.31. The summed E-state index contributed by atoms with van der Waals surface area (Å²) in [4.78, 5) is 12.2. The van der Waals surface area contributed by atoms with Crippen LogP contribution in [0, 0.1) is 13.8 Å². The topological polar surface area (TPSA) is 65.4 Å². The molecule has 0 aliphatic carbocycles. The number of hydrogen-bond acceptors (Lipinski definition) is 4. The van der Waals surface area contributed by atoms with Crippen LogP contribution in [0.2, 0.25) is 0 Å². The lowest BCUT2D eigenvalue weighted by Gasteiger charge is -2.12. The number of carbonyl (C=O) groups excluding carboxylic acids is 1. The van der Waals surface area contributed by atoms with Gasteiger partial charge in [0.15, 0.2) is 0 Å². The first-order chi connectivity index (χ1) is 14.0. The van der Waals surface area contributed by atoms with E-state index in [0.717, 1.165) is 33.9 Å². The maximum atomic E-state index is 12.2. The SMILES string of the molecule is COc1ccc(/C=C/C(=O)Nc2cnn(C)c2C)cc1COc1ccccc1C. The Hall–Kier alpha value is -3.54. The predicted octanol–water partition coefficient (Wildman–Crippen LogP) is 4.28. The van der Waals surface area contributed by atoms with E-state index in [2.05, 4.69) is 10.4 Å². The van der Waals surface area contributed by atoms with Crippen molar-refractivity contribution in [1.29, 1.82) is 0 Å². The first kappa shape index (κ1) is 20.2. The zero-order valence-corrected chi connectivity index (χ0v) is 17.1. The van der Waals surface area contributed by atoms with Crippen molar-refractivity contribution in [2.45, 2.75) is 20.5 Å². The van der Waals surface area contributed by atoms with Crippen LogP contribution in [0.1, 0.15) is 22.4 Å². The Bertz CT molecular complexity index is 1040. The number of para-hydroxylation sites is 1. The molecule has 0 saturated carbocycles.